The summed E-state index contributed by atoms with van der Waals surface area (Å²) >= 11 is 0. The maximum absolute atomic E-state index is 15.5. The van der Waals surface area contributed by atoms with Crippen molar-refractivity contribution in [1.82, 2.24) is 4.98 Å². The Morgan fingerprint density at radius 2 is 1.92 bits per heavy atom. The summed E-state index contributed by atoms with van der Waals surface area (Å²) in [4.78, 5) is 15.5. The number of pyridine rings is 1. The lowest BCUT2D eigenvalue weighted by atomic mass is 9.99. The van der Waals surface area contributed by atoms with Crippen molar-refractivity contribution in [3.63, 3.8) is 0 Å². The van der Waals surface area contributed by atoms with Gasteiger partial charge in [-0.15, -0.1) is 0 Å². The van der Waals surface area contributed by atoms with Crippen LogP contribution in [0.15, 0.2) is 42.6 Å². The zero-order valence-corrected chi connectivity index (χ0v) is 21.7. The van der Waals surface area contributed by atoms with Gasteiger partial charge in [-0.3, -0.25) is 4.79 Å². The Morgan fingerprint density at radius 1 is 1.13 bits per heavy atom. The van der Waals surface area contributed by atoms with E-state index in [4.69, 9.17) is 9.47 Å². The van der Waals surface area contributed by atoms with Gasteiger partial charge < -0.3 is 14.6 Å². The second kappa shape index (κ2) is 9.98. The van der Waals surface area contributed by atoms with E-state index in [1.54, 1.807) is 19.1 Å². The molecule has 2 aliphatic carbocycles. The number of benzene rings is 2. The monoisotopic (exact) mass is 543 g/mol. The van der Waals surface area contributed by atoms with Gasteiger partial charge >= 0.3 is 5.97 Å². The first kappa shape index (κ1) is 26.1. The number of fused-ring (bicyclic) bond motifs is 3. The maximum Gasteiger partial charge on any atom is 0.307 e. The first-order valence-electron chi connectivity index (χ1n) is 12.3. The van der Waals surface area contributed by atoms with E-state index in [9.17, 15) is 22.7 Å². The van der Waals surface area contributed by atoms with Gasteiger partial charge in [0.25, 0.3) is 0 Å². The highest BCUT2D eigenvalue weighted by molar-refractivity contribution is 7.90. The highest BCUT2D eigenvalue weighted by Crippen LogP contribution is 2.61. The molecule has 1 heterocycles. The zero-order valence-electron chi connectivity index (χ0n) is 20.9. The van der Waals surface area contributed by atoms with Crippen molar-refractivity contribution in [2.24, 2.45) is 11.8 Å². The minimum absolute atomic E-state index is 0.00733. The lowest BCUT2D eigenvalue weighted by molar-refractivity contribution is -0.139. The average molecular weight is 544 g/mol. The van der Waals surface area contributed by atoms with Crippen LogP contribution in [0.3, 0.4) is 0 Å². The number of nitrogens with zero attached hydrogens (tertiary/aromatic N) is 1. The fraction of sp³-hybridized carbons (Fsp3) is 0.357. The van der Waals surface area contributed by atoms with Gasteiger partial charge in [-0.25, -0.2) is 22.2 Å². The van der Waals surface area contributed by atoms with Gasteiger partial charge in [-0.05, 0) is 66.6 Å². The number of sulfone groups is 1. The average Bonchev–Trinajstić information content (AvgIpc) is 3.44. The van der Waals surface area contributed by atoms with Crippen LogP contribution in [0.5, 0.6) is 11.6 Å². The van der Waals surface area contributed by atoms with Gasteiger partial charge in [0, 0.05) is 35.6 Å². The first-order valence-corrected chi connectivity index (χ1v) is 14.3. The van der Waals surface area contributed by atoms with Crippen molar-refractivity contribution in [1.29, 1.82) is 0 Å². The molecule has 0 unspecified atom stereocenters. The third-order valence-corrected chi connectivity index (χ3v) is 8.27. The molecular weight excluding hydrogens is 516 g/mol. The molecule has 0 aliphatic heterocycles. The second-order valence-corrected chi connectivity index (χ2v) is 12.2. The number of aromatic nitrogens is 1. The van der Waals surface area contributed by atoms with E-state index < -0.39 is 27.4 Å². The van der Waals surface area contributed by atoms with E-state index in [1.165, 1.54) is 18.3 Å². The molecule has 1 saturated carbocycles. The molecule has 3 aromatic rings. The number of carboxylic acids is 1. The summed E-state index contributed by atoms with van der Waals surface area (Å²) in [7, 11) is -3.08. The number of hydrogen-bond donors (Lipinski definition) is 1. The van der Waals surface area contributed by atoms with Crippen LogP contribution in [0.25, 0.3) is 11.1 Å². The Labute approximate surface area is 219 Å². The number of ether oxygens (including phenoxy) is 2. The Balaban J connectivity index is 1.27. The molecular formula is C28H27F2NO6S. The Kier molecular flexibility index (Phi) is 6.85. The standard InChI is InChI=1S/C28H27F2NO6S/c1-15-10-24(36-8-3-9-38(2,34)35)31-13-21(15)19-6-7-23(29)22(27(19)30)14-37-17-4-5-18-16(11-17)12-20-25(18)26(20)28(32)33/h4-7,10-11,13,20,25-26H,3,8-9,12,14H2,1-2H3,(H,32,33)/t20-,25+,26+/m1/s1. The smallest absolute Gasteiger partial charge is 0.307 e. The van der Waals surface area contributed by atoms with E-state index in [0.29, 0.717) is 29.7 Å². The summed E-state index contributed by atoms with van der Waals surface area (Å²) in [5.41, 5.74) is 3.12. The van der Waals surface area contributed by atoms with E-state index in [-0.39, 0.29) is 53.7 Å². The summed E-state index contributed by atoms with van der Waals surface area (Å²) < 4.78 is 63.8. The number of halogens is 2. The third kappa shape index (κ3) is 5.22. The molecule has 1 N–H and O–H groups in total. The van der Waals surface area contributed by atoms with Crippen LogP contribution >= 0.6 is 0 Å². The minimum Gasteiger partial charge on any atom is -0.489 e. The number of aliphatic carboxylic acids is 1. The van der Waals surface area contributed by atoms with Crippen LogP contribution in [0.1, 0.15) is 34.6 Å². The second-order valence-electron chi connectivity index (χ2n) is 9.96. The van der Waals surface area contributed by atoms with Crippen molar-refractivity contribution >= 4 is 15.8 Å². The van der Waals surface area contributed by atoms with E-state index in [1.807, 2.05) is 12.1 Å². The molecule has 10 heteroatoms. The molecule has 3 atom stereocenters. The fourth-order valence-corrected chi connectivity index (χ4v) is 5.94. The molecule has 1 fully saturated rings. The predicted octanol–water partition coefficient (Wildman–Crippen LogP) is 4.70. The van der Waals surface area contributed by atoms with E-state index in [2.05, 4.69) is 4.98 Å². The molecule has 0 bridgehead atoms. The Bertz CT molecular complexity index is 1520. The van der Waals surface area contributed by atoms with Crippen molar-refractivity contribution in [2.45, 2.75) is 32.3 Å². The van der Waals surface area contributed by atoms with Crippen molar-refractivity contribution < 1.29 is 36.6 Å². The molecule has 0 radical (unpaired) electrons. The van der Waals surface area contributed by atoms with Crippen molar-refractivity contribution in [3.05, 3.63) is 76.5 Å². The van der Waals surface area contributed by atoms with Gasteiger partial charge in [0.05, 0.1) is 23.8 Å². The maximum atomic E-state index is 15.5. The Morgan fingerprint density at radius 3 is 2.63 bits per heavy atom. The molecule has 0 saturated heterocycles. The molecule has 5 rings (SSSR count). The SMILES string of the molecule is Cc1cc(OCCCS(C)(=O)=O)ncc1-c1ccc(F)c(COc2ccc3c(c2)C[C@H]2[C@H](C(=O)O)[C@@H]32)c1F. The summed E-state index contributed by atoms with van der Waals surface area (Å²) in [5.74, 6) is -1.64. The number of hydrogen-bond acceptors (Lipinski definition) is 6. The molecule has 38 heavy (non-hydrogen) atoms. The summed E-state index contributed by atoms with van der Waals surface area (Å²) in [6.07, 6.45) is 3.59. The van der Waals surface area contributed by atoms with Crippen molar-refractivity contribution in [2.75, 3.05) is 18.6 Å². The van der Waals surface area contributed by atoms with Gasteiger partial charge in [-0.1, -0.05) is 6.07 Å². The van der Waals surface area contributed by atoms with Crippen LogP contribution in [-0.4, -0.2) is 43.1 Å². The fourth-order valence-electron chi connectivity index (χ4n) is 5.30. The first-order chi connectivity index (χ1) is 18.0. The molecule has 2 aromatic carbocycles. The van der Waals surface area contributed by atoms with Gasteiger partial charge in [0.2, 0.25) is 5.88 Å². The summed E-state index contributed by atoms with van der Waals surface area (Å²) in [6.45, 7) is 1.61. The number of aryl methyl sites for hydroxylation is 1. The van der Waals surface area contributed by atoms with E-state index >= 15 is 4.39 Å². The molecule has 7 nitrogen and oxygen atoms in total. The minimum atomic E-state index is -3.08. The van der Waals surface area contributed by atoms with Crippen LogP contribution < -0.4 is 9.47 Å². The lowest BCUT2D eigenvalue weighted by Crippen LogP contribution is -2.08. The summed E-state index contributed by atoms with van der Waals surface area (Å²) in [5, 5.41) is 9.28. The van der Waals surface area contributed by atoms with Gasteiger partial charge in [-0.2, -0.15) is 0 Å². The molecule has 0 spiro atoms. The van der Waals surface area contributed by atoms with Crippen LogP contribution in [0.2, 0.25) is 0 Å². The van der Waals surface area contributed by atoms with Crippen molar-refractivity contribution in [3.8, 4) is 22.8 Å². The number of carboxylic acid groups (broad SMARTS) is 1. The normalized spacial score (nSPS) is 19.5. The van der Waals surface area contributed by atoms with Gasteiger partial charge in [0.1, 0.15) is 33.8 Å². The highest BCUT2D eigenvalue weighted by atomic mass is 32.2. The number of carbonyl (C=O) groups is 1. The molecule has 0 amide bonds. The number of rotatable bonds is 10. The third-order valence-electron chi connectivity index (χ3n) is 7.24. The topological polar surface area (TPSA) is 103 Å². The quantitative estimate of drug-likeness (QED) is 0.370. The largest absolute Gasteiger partial charge is 0.489 e. The van der Waals surface area contributed by atoms with Crippen LogP contribution in [0.4, 0.5) is 8.78 Å². The molecule has 2 aliphatic rings. The Hall–Kier alpha value is -3.53. The van der Waals surface area contributed by atoms with E-state index in [0.717, 1.165) is 17.4 Å². The molecule has 200 valence electrons. The van der Waals surface area contributed by atoms with Crippen LogP contribution in [-0.2, 0) is 27.7 Å². The molecule has 1 aromatic heterocycles. The summed E-state index contributed by atoms with van der Waals surface area (Å²) in [6, 6.07) is 9.55. The van der Waals surface area contributed by atoms with Gasteiger partial charge in [0.15, 0.2) is 0 Å². The highest BCUT2D eigenvalue weighted by Gasteiger charge is 2.59. The lowest BCUT2D eigenvalue weighted by Gasteiger charge is -2.14. The van der Waals surface area contributed by atoms with Crippen LogP contribution in [0, 0.1) is 30.4 Å². The zero-order chi connectivity index (χ0) is 27.2. The predicted molar refractivity (Wildman–Crippen MR) is 136 cm³/mol.